The summed E-state index contributed by atoms with van der Waals surface area (Å²) in [4.78, 5) is 2.20. The third-order valence-corrected chi connectivity index (χ3v) is 3.50. The Labute approximate surface area is 132 Å². The van der Waals surface area contributed by atoms with E-state index in [0.717, 1.165) is 24.5 Å². The summed E-state index contributed by atoms with van der Waals surface area (Å²) in [5.74, 6) is 1.89. The van der Waals surface area contributed by atoms with Gasteiger partial charge in [-0.1, -0.05) is 42.5 Å². The van der Waals surface area contributed by atoms with Crippen LogP contribution < -0.4 is 4.74 Å². The molecule has 0 saturated carbocycles. The van der Waals surface area contributed by atoms with Gasteiger partial charge in [-0.2, -0.15) is 0 Å². The van der Waals surface area contributed by atoms with E-state index in [0.29, 0.717) is 0 Å². The topological polar surface area (TPSA) is 12.5 Å². The third-order valence-electron chi connectivity index (χ3n) is 3.50. The van der Waals surface area contributed by atoms with Crippen LogP contribution in [0.1, 0.15) is 17.5 Å². The van der Waals surface area contributed by atoms with Gasteiger partial charge in [-0.05, 0) is 38.2 Å². The van der Waals surface area contributed by atoms with E-state index in [1.165, 1.54) is 16.7 Å². The summed E-state index contributed by atoms with van der Waals surface area (Å²) in [5, 5.41) is 0. The second-order valence-corrected chi connectivity index (χ2v) is 5.30. The summed E-state index contributed by atoms with van der Waals surface area (Å²) in [7, 11) is 4.20. The SMILES string of the molecule is CN(C)CCC=C1c2ccccc2Oc2ccccc21.Cl. The fourth-order valence-corrected chi connectivity index (χ4v) is 2.51. The molecule has 2 aromatic carbocycles. The molecule has 0 unspecified atom stereocenters. The number of halogens is 1. The van der Waals surface area contributed by atoms with Crippen LogP contribution >= 0.6 is 12.4 Å². The molecule has 0 radical (unpaired) electrons. The lowest BCUT2D eigenvalue weighted by atomic mass is 9.93. The molecule has 3 rings (SSSR count). The minimum absolute atomic E-state index is 0. The monoisotopic (exact) mass is 301 g/mol. The minimum atomic E-state index is 0. The Balaban J connectivity index is 0.00000161. The van der Waals surface area contributed by atoms with Gasteiger partial charge in [0, 0.05) is 17.7 Å². The van der Waals surface area contributed by atoms with Gasteiger partial charge >= 0.3 is 0 Å². The average Bonchev–Trinajstić information content (AvgIpc) is 2.46. The number of ether oxygens (including phenoxy) is 1. The van der Waals surface area contributed by atoms with E-state index in [-0.39, 0.29) is 12.4 Å². The number of nitrogens with zero attached hydrogens (tertiary/aromatic N) is 1. The van der Waals surface area contributed by atoms with Crippen LogP contribution in [0, 0.1) is 0 Å². The summed E-state index contributed by atoms with van der Waals surface area (Å²) in [6.07, 6.45) is 3.35. The highest BCUT2D eigenvalue weighted by atomic mass is 35.5. The predicted molar refractivity (Wildman–Crippen MR) is 90.5 cm³/mol. The van der Waals surface area contributed by atoms with Crippen LogP contribution in [-0.4, -0.2) is 25.5 Å². The summed E-state index contributed by atoms with van der Waals surface area (Å²) in [5.41, 5.74) is 3.65. The van der Waals surface area contributed by atoms with Gasteiger partial charge in [-0.3, -0.25) is 0 Å². The third kappa shape index (κ3) is 3.29. The van der Waals surface area contributed by atoms with E-state index < -0.39 is 0 Å². The molecule has 21 heavy (non-hydrogen) atoms. The second-order valence-electron chi connectivity index (χ2n) is 5.30. The molecule has 0 bridgehead atoms. The molecule has 0 fully saturated rings. The maximum atomic E-state index is 5.98. The van der Waals surface area contributed by atoms with Crippen molar-refractivity contribution in [2.24, 2.45) is 0 Å². The van der Waals surface area contributed by atoms with Crippen molar-refractivity contribution in [2.45, 2.75) is 6.42 Å². The highest BCUT2D eigenvalue weighted by molar-refractivity contribution is 5.87. The van der Waals surface area contributed by atoms with Gasteiger partial charge in [-0.25, -0.2) is 0 Å². The van der Waals surface area contributed by atoms with Crippen molar-refractivity contribution in [1.82, 2.24) is 4.90 Å². The Morgan fingerprint density at radius 3 is 1.95 bits per heavy atom. The number of benzene rings is 2. The molecule has 0 N–H and O–H groups in total. The molecule has 1 heterocycles. The molecular formula is C18H20ClNO. The first-order valence-corrected chi connectivity index (χ1v) is 6.97. The summed E-state index contributed by atoms with van der Waals surface area (Å²) in [6.45, 7) is 1.05. The number of para-hydroxylation sites is 2. The summed E-state index contributed by atoms with van der Waals surface area (Å²) < 4.78 is 5.98. The smallest absolute Gasteiger partial charge is 0.135 e. The molecule has 3 heteroatoms. The lowest BCUT2D eigenvalue weighted by molar-refractivity contribution is 0.417. The largest absolute Gasteiger partial charge is 0.456 e. The first-order chi connectivity index (χ1) is 9.75. The molecule has 0 aromatic heterocycles. The van der Waals surface area contributed by atoms with Crippen molar-refractivity contribution >= 4 is 18.0 Å². The predicted octanol–water partition coefficient (Wildman–Crippen LogP) is 4.60. The zero-order valence-electron chi connectivity index (χ0n) is 12.4. The van der Waals surface area contributed by atoms with E-state index in [9.17, 15) is 0 Å². The van der Waals surface area contributed by atoms with Crippen LogP contribution in [0.2, 0.25) is 0 Å². The summed E-state index contributed by atoms with van der Waals surface area (Å²) >= 11 is 0. The zero-order valence-corrected chi connectivity index (χ0v) is 13.2. The molecule has 0 atom stereocenters. The Bertz CT molecular complexity index is 602. The molecule has 0 amide bonds. The first-order valence-electron chi connectivity index (χ1n) is 6.97. The first kappa shape index (κ1) is 15.6. The number of hydrogen-bond acceptors (Lipinski definition) is 2. The van der Waals surface area contributed by atoms with Gasteiger partial charge < -0.3 is 9.64 Å². The molecule has 2 nitrogen and oxygen atoms in total. The second kappa shape index (κ2) is 6.79. The molecular weight excluding hydrogens is 282 g/mol. The highest BCUT2D eigenvalue weighted by Crippen LogP contribution is 2.43. The van der Waals surface area contributed by atoms with Crippen molar-refractivity contribution < 1.29 is 4.74 Å². The molecule has 0 saturated heterocycles. The Morgan fingerprint density at radius 2 is 1.43 bits per heavy atom. The van der Waals surface area contributed by atoms with Crippen LogP contribution in [-0.2, 0) is 0 Å². The Kier molecular flexibility index (Phi) is 5.05. The maximum Gasteiger partial charge on any atom is 0.135 e. The lowest BCUT2D eigenvalue weighted by Crippen LogP contribution is -2.12. The zero-order chi connectivity index (χ0) is 13.9. The van der Waals surface area contributed by atoms with Gasteiger partial charge in [0.05, 0.1) is 0 Å². The van der Waals surface area contributed by atoms with Crippen molar-refractivity contribution in [3.05, 3.63) is 65.7 Å². The van der Waals surface area contributed by atoms with E-state index >= 15 is 0 Å². The molecule has 110 valence electrons. The van der Waals surface area contributed by atoms with Crippen LogP contribution in [0.3, 0.4) is 0 Å². The standard InChI is InChI=1S/C18H19NO.ClH/c1-19(2)13-7-10-14-15-8-3-5-11-17(15)20-18-12-6-4-9-16(14)18;/h3-6,8-12H,7,13H2,1-2H3;1H. The van der Waals surface area contributed by atoms with Crippen molar-refractivity contribution in [3.63, 3.8) is 0 Å². The van der Waals surface area contributed by atoms with Gasteiger partial charge in [-0.15, -0.1) is 12.4 Å². The van der Waals surface area contributed by atoms with E-state index in [2.05, 4.69) is 49.3 Å². The van der Waals surface area contributed by atoms with Crippen LogP contribution in [0.4, 0.5) is 0 Å². The highest BCUT2D eigenvalue weighted by Gasteiger charge is 2.20. The van der Waals surface area contributed by atoms with Gasteiger partial charge in [0.2, 0.25) is 0 Å². The lowest BCUT2D eigenvalue weighted by Gasteiger charge is -2.23. The van der Waals surface area contributed by atoms with Crippen LogP contribution in [0.25, 0.3) is 5.57 Å². The molecule has 0 spiro atoms. The van der Waals surface area contributed by atoms with Crippen LogP contribution in [0.15, 0.2) is 54.6 Å². The van der Waals surface area contributed by atoms with E-state index in [1.54, 1.807) is 0 Å². The number of hydrogen-bond donors (Lipinski definition) is 0. The molecule has 1 aliphatic rings. The van der Waals surface area contributed by atoms with E-state index in [1.807, 2.05) is 24.3 Å². The number of rotatable bonds is 3. The van der Waals surface area contributed by atoms with Crippen molar-refractivity contribution in [2.75, 3.05) is 20.6 Å². The maximum absolute atomic E-state index is 5.98. The fourth-order valence-electron chi connectivity index (χ4n) is 2.51. The summed E-state index contributed by atoms with van der Waals surface area (Å²) in [6, 6.07) is 16.5. The Morgan fingerprint density at radius 1 is 0.905 bits per heavy atom. The quantitative estimate of drug-likeness (QED) is 0.701. The Hall–Kier alpha value is -1.77. The molecule has 0 aliphatic carbocycles. The molecule has 2 aromatic rings. The van der Waals surface area contributed by atoms with Gasteiger partial charge in [0.15, 0.2) is 0 Å². The fraction of sp³-hybridized carbons (Fsp3) is 0.222. The van der Waals surface area contributed by atoms with Gasteiger partial charge in [0.1, 0.15) is 11.5 Å². The normalized spacial score (nSPS) is 12.0. The van der Waals surface area contributed by atoms with Gasteiger partial charge in [0.25, 0.3) is 0 Å². The minimum Gasteiger partial charge on any atom is -0.456 e. The van der Waals surface area contributed by atoms with Crippen molar-refractivity contribution in [3.8, 4) is 11.5 Å². The van der Waals surface area contributed by atoms with E-state index in [4.69, 9.17) is 4.74 Å². The average molecular weight is 302 g/mol. The molecule has 1 aliphatic heterocycles. The van der Waals surface area contributed by atoms with Crippen LogP contribution in [0.5, 0.6) is 11.5 Å². The number of fused-ring (bicyclic) bond motifs is 2. The van der Waals surface area contributed by atoms with Crippen molar-refractivity contribution in [1.29, 1.82) is 0 Å².